The van der Waals surface area contributed by atoms with E-state index in [1.54, 1.807) is 11.0 Å². The van der Waals surface area contributed by atoms with E-state index in [9.17, 15) is 19.8 Å². The van der Waals surface area contributed by atoms with Gasteiger partial charge in [-0.3, -0.25) is 15.1 Å². The fraction of sp³-hybridized carbons (Fsp3) is 0.462. The topological polar surface area (TPSA) is 108 Å². The van der Waals surface area contributed by atoms with Crippen LogP contribution in [0, 0.1) is 5.92 Å². The highest BCUT2D eigenvalue weighted by atomic mass is 35.5. The summed E-state index contributed by atoms with van der Waals surface area (Å²) in [6.07, 6.45) is 14.5. The number of hydrogen-bond acceptors (Lipinski definition) is 7. The second kappa shape index (κ2) is 13.2. The molecule has 1 atom stereocenters. The number of phenols is 2. The molecular formula is C26H33ClN2O6. The molecular weight excluding hydrogens is 472 g/mol. The average molecular weight is 505 g/mol. The number of piperidine rings is 1. The van der Waals surface area contributed by atoms with Crippen LogP contribution in [0.1, 0.15) is 61.4 Å². The van der Waals surface area contributed by atoms with Gasteiger partial charge in [-0.1, -0.05) is 36.8 Å². The second-order valence-electron chi connectivity index (χ2n) is 8.77. The maximum atomic E-state index is 12.8. The van der Waals surface area contributed by atoms with Gasteiger partial charge in [0, 0.05) is 24.7 Å². The summed E-state index contributed by atoms with van der Waals surface area (Å²) in [6.45, 7) is 3.54. The lowest BCUT2D eigenvalue weighted by Gasteiger charge is -2.26. The van der Waals surface area contributed by atoms with Crippen molar-refractivity contribution in [1.82, 2.24) is 10.4 Å². The Labute approximate surface area is 210 Å². The molecule has 2 heterocycles. The fourth-order valence-electron chi connectivity index (χ4n) is 3.94. The quantitative estimate of drug-likeness (QED) is 0.309. The number of allylic oxidation sites excluding steroid dienone is 4. The predicted octanol–water partition coefficient (Wildman–Crippen LogP) is 4.72. The standard InChI is InChI=1S/C26H33ClN2O6/c1-18-9-4-2-7-14-34-26(33)24-20(25(27)22(31)16-21(24)30)15-19(11-8-10-18)28-35-17-23(32)29-12-5-3-6-13-29/h4,8-9,11,15-16,18,28,30-31H,2-3,5-7,10,12-14,17H2,1H3/b9-4?,11-8?,19-15-. The predicted molar refractivity (Wildman–Crippen MR) is 134 cm³/mol. The van der Waals surface area contributed by atoms with Crippen LogP contribution in [-0.4, -0.2) is 53.3 Å². The maximum Gasteiger partial charge on any atom is 0.342 e. The lowest BCUT2D eigenvalue weighted by molar-refractivity contribution is -0.139. The number of aromatic hydroxyl groups is 2. The molecule has 1 aromatic carbocycles. The van der Waals surface area contributed by atoms with E-state index >= 15 is 0 Å². The molecule has 1 fully saturated rings. The number of ether oxygens (including phenoxy) is 1. The van der Waals surface area contributed by atoms with E-state index in [2.05, 4.69) is 24.6 Å². The molecule has 2 aliphatic rings. The lowest BCUT2D eigenvalue weighted by atomic mass is 10.0. The third kappa shape index (κ3) is 7.77. The van der Waals surface area contributed by atoms with Gasteiger partial charge in [0.2, 0.25) is 0 Å². The van der Waals surface area contributed by atoms with Gasteiger partial charge >= 0.3 is 5.97 Å². The van der Waals surface area contributed by atoms with Crippen molar-refractivity contribution < 1.29 is 29.4 Å². The molecule has 2 aliphatic heterocycles. The molecule has 0 aliphatic carbocycles. The first-order chi connectivity index (χ1) is 16.9. The molecule has 1 unspecified atom stereocenters. The molecule has 0 radical (unpaired) electrons. The van der Waals surface area contributed by atoms with E-state index in [1.165, 1.54) is 6.08 Å². The number of hydrogen-bond donors (Lipinski definition) is 3. The Kier molecular flexibility index (Phi) is 10.0. The Bertz CT molecular complexity index is 998. The maximum absolute atomic E-state index is 12.8. The monoisotopic (exact) mass is 504 g/mol. The van der Waals surface area contributed by atoms with Crippen LogP contribution in [0.3, 0.4) is 0 Å². The summed E-state index contributed by atoms with van der Waals surface area (Å²) in [5, 5.41) is 20.5. The number of phenolic OH excluding ortho intramolecular Hbond substituents is 2. The first-order valence-electron chi connectivity index (χ1n) is 12.0. The number of carbonyl (C=O) groups is 2. The molecule has 8 nitrogen and oxygen atoms in total. The van der Waals surface area contributed by atoms with Gasteiger partial charge in [-0.2, -0.15) is 0 Å². The number of halogens is 1. The molecule has 3 N–H and O–H groups in total. The van der Waals surface area contributed by atoms with Gasteiger partial charge in [0.1, 0.15) is 17.1 Å². The van der Waals surface area contributed by atoms with Gasteiger partial charge in [-0.15, -0.1) is 0 Å². The Hall–Kier alpha value is -2.97. The minimum atomic E-state index is -0.757. The highest BCUT2D eigenvalue weighted by molar-refractivity contribution is 6.34. The summed E-state index contributed by atoms with van der Waals surface area (Å²) >= 11 is 6.32. The zero-order valence-electron chi connectivity index (χ0n) is 20.0. The zero-order valence-corrected chi connectivity index (χ0v) is 20.7. The Morgan fingerprint density at radius 3 is 2.74 bits per heavy atom. The van der Waals surface area contributed by atoms with E-state index in [0.29, 0.717) is 12.1 Å². The van der Waals surface area contributed by atoms with Gasteiger partial charge < -0.3 is 19.8 Å². The van der Waals surface area contributed by atoms with Crippen LogP contribution in [0.15, 0.2) is 36.1 Å². The average Bonchev–Trinajstić information content (AvgIpc) is 2.84. The SMILES string of the molecule is CC1C=CCCCOC(=O)c2c(O)cc(O)c(Cl)c2/C=C(\NOCC(=O)N2CCCCC2)C=CC1. The number of amides is 1. The molecule has 0 bridgehead atoms. The molecule has 3 rings (SSSR count). The van der Waals surface area contributed by atoms with Crippen LogP contribution in [0.2, 0.25) is 5.02 Å². The lowest BCUT2D eigenvalue weighted by Crippen LogP contribution is -2.39. The Balaban J connectivity index is 1.89. The normalized spacial score (nSPS) is 21.2. The molecule has 1 amide bonds. The van der Waals surface area contributed by atoms with Crippen LogP contribution in [0.25, 0.3) is 6.08 Å². The largest absolute Gasteiger partial charge is 0.507 e. The number of esters is 1. The Morgan fingerprint density at radius 2 is 1.97 bits per heavy atom. The van der Waals surface area contributed by atoms with E-state index in [-0.39, 0.29) is 46.9 Å². The van der Waals surface area contributed by atoms with E-state index in [0.717, 1.165) is 51.3 Å². The van der Waals surface area contributed by atoms with Crippen molar-refractivity contribution in [2.45, 2.75) is 45.4 Å². The number of carbonyl (C=O) groups excluding carboxylic acids is 2. The molecule has 190 valence electrons. The first kappa shape index (κ1) is 26.6. The van der Waals surface area contributed by atoms with Gasteiger partial charge in [0.15, 0.2) is 6.61 Å². The van der Waals surface area contributed by atoms with Crippen LogP contribution in [0.5, 0.6) is 11.5 Å². The smallest absolute Gasteiger partial charge is 0.342 e. The van der Waals surface area contributed by atoms with Crippen LogP contribution in [0.4, 0.5) is 0 Å². The first-order valence-corrected chi connectivity index (χ1v) is 12.4. The van der Waals surface area contributed by atoms with Crippen molar-refractivity contribution in [3.63, 3.8) is 0 Å². The Morgan fingerprint density at radius 1 is 1.20 bits per heavy atom. The number of likely N-dealkylation sites (tertiary alicyclic amines) is 1. The van der Waals surface area contributed by atoms with Gasteiger partial charge in [0.25, 0.3) is 5.91 Å². The molecule has 1 aromatic rings. The number of nitrogens with one attached hydrogen (secondary N) is 1. The number of cyclic esters (lactones) is 1. The van der Waals surface area contributed by atoms with Crippen molar-refractivity contribution in [2.75, 3.05) is 26.3 Å². The summed E-state index contributed by atoms with van der Waals surface area (Å²) in [5.41, 5.74) is 3.05. The van der Waals surface area contributed by atoms with Crippen molar-refractivity contribution in [2.24, 2.45) is 5.92 Å². The number of benzene rings is 1. The van der Waals surface area contributed by atoms with E-state index < -0.39 is 11.7 Å². The van der Waals surface area contributed by atoms with Crippen molar-refractivity contribution in [3.05, 3.63) is 52.2 Å². The van der Waals surface area contributed by atoms with Crippen molar-refractivity contribution >= 4 is 29.6 Å². The fourth-order valence-corrected chi connectivity index (χ4v) is 4.14. The second-order valence-corrected chi connectivity index (χ2v) is 9.15. The number of nitrogens with zero attached hydrogens (tertiary/aromatic N) is 1. The van der Waals surface area contributed by atoms with Crippen LogP contribution >= 0.6 is 11.6 Å². The van der Waals surface area contributed by atoms with Crippen LogP contribution < -0.4 is 5.48 Å². The number of hydroxylamine groups is 1. The third-order valence-corrected chi connectivity index (χ3v) is 6.27. The van der Waals surface area contributed by atoms with Crippen molar-refractivity contribution in [1.29, 1.82) is 0 Å². The van der Waals surface area contributed by atoms with Gasteiger partial charge in [0.05, 0.1) is 17.3 Å². The van der Waals surface area contributed by atoms with Crippen LogP contribution in [-0.2, 0) is 14.4 Å². The summed E-state index contributed by atoms with van der Waals surface area (Å²) in [5.74, 6) is -1.43. The molecule has 0 spiro atoms. The highest BCUT2D eigenvalue weighted by Gasteiger charge is 2.23. The minimum absolute atomic E-state index is 0.0771. The van der Waals surface area contributed by atoms with Gasteiger partial charge in [-0.25, -0.2) is 4.79 Å². The summed E-state index contributed by atoms with van der Waals surface area (Å²) in [6, 6.07) is 1.01. The number of rotatable bonds is 4. The summed E-state index contributed by atoms with van der Waals surface area (Å²) < 4.78 is 5.34. The molecule has 9 heteroatoms. The van der Waals surface area contributed by atoms with Crippen molar-refractivity contribution in [3.8, 4) is 11.5 Å². The van der Waals surface area contributed by atoms with Gasteiger partial charge in [-0.05, 0) is 56.6 Å². The third-order valence-electron chi connectivity index (χ3n) is 5.88. The molecule has 35 heavy (non-hydrogen) atoms. The summed E-state index contributed by atoms with van der Waals surface area (Å²) in [4.78, 5) is 32.5. The zero-order chi connectivity index (χ0) is 25.2. The molecule has 0 aromatic heterocycles. The summed E-state index contributed by atoms with van der Waals surface area (Å²) in [7, 11) is 0. The van der Waals surface area contributed by atoms with E-state index in [1.807, 2.05) is 6.08 Å². The highest BCUT2D eigenvalue weighted by Crippen LogP contribution is 2.38. The van der Waals surface area contributed by atoms with E-state index in [4.69, 9.17) is 21.2 Å². The number of fused-ring (bicyclic) bond motifs is 1. The molecule has 0 saturated carbocycles. The molecule has 1 saturated heterocycles. The minimum Gasteiger partial charge on any atom is -0.507 e.